The van der Waals surface area contributed by atoms with Crippen LogP contribution in [0, 0.1) is 13.8 Å². The minimum absolute atomic E-state index is 0.164. The largest absolute Gasteiger partial charge is 0.483 e. The predicted octanol–water partition coefficient (Wildman–Crippen LogP) is 3.22. The summed E-state index contributed by atoms with van der Waals surface area (Å²) in [6, 6.07) is 12.0. The summed E-state index contributed by atoms with van der Waals surface area (Å²) in [4.78, 5) is 20.6. The first-order valence-electron chi connectivity index (χ1n) is 5.93. The van der Waals surface area contributed by atoms with Crippen molar-refractivity contribution in [1.82, 2.24) is 0 Å². The lowest BCUT2D eigenvalue weighted by Crippen LogP contribution is -1.95. The third-order valence-electron chi connectivity index (χ3n) is 3.17. The lowest BCUT2D eigenvalue weighted by Gasteiger charge is -2.05. The molecule has 0 saturated heterocycles. The van der Waals surface area contributed by atoms with Gasteiger partial charge in [0.25, 0.3) is 6.47 Å². The lowest BCUT2D eigenvalue weighted by molar-refractivity contribution is -0.122. The molecule has 1 N–H and O–H groups in total. The topological polar surface area (TPSA) is 54.4 Å². The molecule has 3 heteroatoms. The minimum Gasteiger partial charge on any atom is -0.483 e. The van der Waals surface area contributed by atoms with Crippen molar-refractivity contribution >= 4 is 12.3 Å². The van der Waals surface area contributed by atoms with Gasteiger partial charge in [-0.05, 0) is 36.6 Å². The molecule has 96 valence electrons. The summed E-state index contributed by atoms with van der Waals surface area (Å²) in [7, 11) is 0. The number of fused-ring (bicyclic) bond motifs is 3. The van der Waals surface area contributed by atoms with Crippen LogP contribution in [-0.2, 0) is 4.79 Å². The maximum atomic E-state index is 12.2. The Morgan fingerprint density at radius 1 is 1.00 bits per heavy atom. The molecule has 2 aromatic rings. The van der Waals surface area contributed by atoms with Crippen molar-refractivity contribution in [1.29, 1.82) is 0 Å². The van der Waals surface area contributed by atoms with Gasteiger partial charge < -0.3 is 5.11 Å². The number of benzene rings is 2. The maximum absolute atomic E-state index is 12.2. The first-order valence-corrected chi connectivity index (χ1v) is 5.93. The van der Waals surface area contributed by atoms with Crippen LogP contribution in [0.4, 0.5) is 0 Å². The van der Waals surface area contributed by atoms with Crippen molar-refractivity contribution in [2.75, 3.05) is 0 Å². The average Bonchev–Trinajstić information content (AvgIpc) is 2.65. The van der Waals surface area contributed by atoms with Crippen LogP contribution in [-0.4, -0.2) is 17.4 Å². The summed E-state index contributed by atoms with van der Waals surface area (Å²) in [6.45, 7) is 3.85. The molecule has 1 aliphatic rings. The van der Waals surface area contributed by atoms with Crippen molar-refractivity contribution in [3.8, 4) is 11.1 Å². The van der Waals surface area contributed by atoms with E-state index in [1.54, 1.807) is 0 Å². The molecule has 0 fully saturated rings. The molecule has 0 aromatic heterocycles. The number of rotatable bonds is 0. The molecule has 0 bridgehead atoms. The highest BCUT2D eigenvalue weighted by molar-refractivity contribution is 6.22. The Kier molecular flexibility index (Phi) is 3.47. The van der Waals surface area contributed by atoms with Gasteiger partial charge in [0.15, 0.2) is 5.78 Å². The quantitative estimate of drug-likeness (QED) is 0.627. The van der Waals surface area contributed by atoms with Gasteiger partial charge in [0.1, 0.15) is 0 Å². The SMILES string of the molecule is Cc1cc(C)c2c(c1)C(=O)c1ccccc1-2.O=CO. The fourth-order valence-corrected chi connectivity index (χ4v) is 2.55. The van der Waals surface area contributed by atoms with Crippen molar-refractivity contribution < 1.29 is 14.7 Å². The van der Waals surface area contributed by atoms with Gasteiger partial charge in [-0.25, -0.2) is 0 Å². The molecular weight excluding hydrogens is 240 g/mol. The highest BCUT2D eigenvalue weighted by Crippen LogP contribution is 2.38. The lowest BCUT2D eigenvalue weighted by atomic mass is 9.98. The zero-order valence-corrected chi connectivity index (χ0v) is 10.8. The Morgan fingerprint density at radius 2 is 1.58 bits per heavy atom. The van der Waals surface area contributed by atoms with E-state index in [2.05, 4.69) is 13.0 Å². The van der Waals surface area contributed by atoms with Gasteiger partial charge in [0.05, 0.1) is 0 Å². The van der Waals surface area contributed by atoms with Crippen LogP contribution in [0.1, 0.15) is 27.0 Å². The van der Waals surface area contributed by atoms with E-state index in [1.165, 1.54) is 5.56 Å². The van der Waals surface area contributed by atoms with Crippen LogP contribution in [0.5, 0.6) is 0 Å². The fraction of sp³-hybridized carbons (Fsp3) is 0.125. The summed E-state index contributed by atoms with van der Waals surface area (Å²) in [5.74, 6) is 0.164. The van der Waals surface area contributed by atoms with Crippen LogP contribution < -0.4 is 0 Å². The molecule has 3 nitrogen and oxygen atoms in total. The van der Waals surface area contributed by atoms with Gasteiger partial charge in [-0.1, -0.05) is 35.9 Å². The molecular formula is C16H14O3. The molecule has 19 heavy (non-hydrogen) atoms. The predicted molar refractivity (Wildman–Crippen MR) is 73.5 cm³/mol. The summed E-state index contributed by atoms with van der Waals surface area (Å²) in [6.07, 6.45) is 0. The average molecular weight is 254 g/mol. The van der Waals surface area contributed by atoms with E-state index in [4.69, 9.17) is 9.90 Å². The number of carbonyl (C=O) groups is 2. The summed E-state index contributed by atoms with van der Waals surface area (Å²) in [5.41, 5.74) is 6.24. The number of ketones is 1. The minimum atomic E-state index is -0.250. The molecule has 1 aliphatic carbocycles. The van der Waals surface area contributed by atoms with Crippen molar-refractivity contribution in [2.45, 2.75) is 13.8 Å². The van der Waals surface area contributed by atoms with Crippen LogP contribution in [0.25, 0.3) is 11.1 Å². The Bertz CT molecular complexity index is 657. The highest BCUT2D eigenvalue weighted by Gasteiger charge is 2.27. The monoisotopic (exact) mass is 254 g/mol. The number of hydrogen-bond donors (Lipinski definition) is 1. The number of hydrogen-bond acceptors (Lipinski definition) is 2. The van der Waals surface area contributed by atoms with Crippen molar-refractivity contribution in [3.05, 3.63) is 58.7 Å². The highest BCUT2D eigenvalue weighted by atomic mass is 16.3. The van der Waals surface area contributed by atoms with Gasteiger partial charge >= 0.3 is 0 Å². The Morgan fingerprint density at radius 3 is 2.21 bits per heavy atom. The van der Waals surface area contributed by atoms with Crippen LogP contribution >= 0.6 is 0 Å². The second kappa shape index (κ2) is 5.06. The molecule has 0 amide bonds. The van der Waals surface area contributed by atoms with Crippen LogP contribution in [0.3, 0.4) is 0 Å². The third-order valence-corrected chi connectivity index (χ3v) is 3.17. The van der Waals surface area contributed by atoms with E-state index in [9.17, 15) is 4.79 Å². The molecule has 0 atom stereocenters. The third kappa shape index (κ3) is 2.15. The van der Waals surface area contributed by atoms with Gasteiger partial charge in [-0.15, -0.1) is 0 Å². The smallest absolute Gasteiger partial charge is 0.290 e. The first kappa shape index (κ1) is 13.0. The summed E-state index contributed by atoms with van der Waals surface area (Å²) < 4.78 is 0. The number of carboxylic acid groups (broad SMARTS) is 1. The first-order chi connectivity index (χ1) is 9.10. The molecule has 0 unspecified atom stereocenters. The Balaban J connectivity index is 0.000000408. The van der Waals surface area contributed by atoms with E-state index < -0.39 is 0 Å². The van der Waals surface area contributed by atoms with Crippen molar-refractivity contribution in [2.24, 2.45) is 0 Å². The molecule has 3 rings (SSSR count). The number of aryl methyl sites for hydroxylation is 2. The van der Waals surface area contributed by atoms with Gasteiger partial charge in [0, 0.05) is 11.1 Å². The molecule has 0 aliphatic heterocycles. The maximum Gasteiger partial charge on any atom is 0.290 e. The molecule has 2 aromatic carbocycles. The van der Waals surface area contributed by atoms with E-state index in [-0.39, 0.29) is 12.3 Å². The van der Waals surface area contributed by atoms with Gasteiger partial charge in [-0.3, -0.25) is 9.59 Å². The molecule has 0 heterocycles. The van der Waals surface area contributed by atoms with Gasteiger partial charge in [-0.2, -0.15) is 0 Å². The Labute approximate surface area is 111 Å². The molecule has 0 spiro atoms. The van der Waals surface area contributed by atoms with E-state index in [0.717, 1.165) is 27.8 Å². The number of carbonyl (C=O) groups excluding carboxylic acids is 1. The van der Waals surface area contributed by atoms with E-state index in [1.807, 2.05) is 37.3 Å². The molecule has 0 saturated carbocycles. The second-order valence-electron chi connectivity index (χ2n) is 4.48. The Hall–Kier alpha value is -2.42. The van der Waals surface area contributed by atoms with E-state index >= 15 is 0 Å². The fourth-order valence-electron chi connectivity index (χ4n) is 2.55. The zero-order valence-electron chi connectivity index (χ0n) is 10.8. The van der Waals surface area contributed by atoms with Crippen LogP contribution in [0.15, 0.2) is 36.4 Å². The normalized spacial score (nSPS) is 11.2. The van der Waals surface area contributed by atoms with Gasteiger partial charge in [0.2, 0.25) is 0 Å². The van der Waals surface area contributed by atoms with Crippen molar-refractivity contribution in [3.63, 3.8) is 0 Å². The standard InChI is InChI=1S/C15H12O.CH2O2/c1-9-7-10(2)14-11-5-3-4-6-12(11)15(16)13(14)8-9;2-1-3/h3-8H,1-2H3;1H,(H,2,3). The second-order valence-corrected chi connectivity index (χ2v) is 4.48. The summed E-state index contributed by atoms with van der Waals surface area (Å²) >= 11 is 0. The van der Waals surface area contributed by atoms with E-state index in [0.29, 0.717) is 0 Å². The zero-order chi connectivity index (χ0) is 14.0. The molecule has 0 radical (unpaired) electrons. The summed E-state index contributed by atoms with van der Waals surface area (Å²) in [5, 5.41) is 6.89. The van der Waals surface area contributed by atoms with Crippen LogP contribution in [0.2, 0.25) is 0 Å².